The monoisotopic (exact) mass is 247 g/mol. The SMILES string of the molecule is Cn1ccnc1CCNCc1ccc(O)cc1O. The van der Waals surface area contributed by atoms with Gasteiger partial charge < -0.3 is 20.1 Å². The molecule has 1 heterocycles. The van der Waals surface area contributed by atoms with Crippen LogP contribution in [-0.4, -0.2) is 26.3 Å². The molecule has 2 rings (SSSR count). The summed E-state index contributed by atoms with van der Waals surface area (Å²) in [5, 5.41) is 22.0. The van der Waals surface area contributed by atoms with Crippen molar-refractivity contribution in [1.29, 1.82) is 0 Å². The number of aromatic nitrogens is 2. The van der Waals surface area contributed by atoms with Crippen molar-refractivity contribution in [2.75, 3.05) is 6.54 Å². The summed E-state index contributed by atoms with van der Waals surface area (Å²) in [5.41, 5.74) is 0.771. The number of phenolic OH excluding ortho intramolecular Hbond substituents is 2. The Hall–Kier alpha value is -2.01. The first-order valence-electron chi connectivity index (χ1n) is 5.84. The molecule has 1 aromatic heterocycles. The maximum atomic E-state index is 9.60. The molecule has 0 amide bonds. The van der Waals surface area contributed by atoms with Gasteiger partial charge in [0.25, 0.3) is 0 Å². The largest absolute Gasteiger partial charge is 0.508 e. The highest BCUT2D eigenvalue weighted by Crippen LogP contribution is 2.22. The molecule has 0 saturated heterocycles. The molecule has 0 radical (unpaired) electrons. The van der Waals surface area contributed by atoms with Crippen LogP contribution in [0.25, 0.3) is 0 Å². The molecule has 18 heavy (non-hydrogen) atoms. The Kier molecular flexibility index (Phi) is 3.84. The van der Waals surface area contributed by atoms with E-state index in [2.05, 4.69) is 10.3 Å². The number of phenols is 2. The second kappa shape index (κ2) is 5.55. The number of aromatic hydroxyl groups is 2. The average Bonchev–Trinajstić information content (AvgIpc) is 2.73. The summed E-state index contributed by atoms with van der Waals surface area (Å²) >= 11 is 0. The summed E-state index contributed by atoms with van der Waals surface area (Å²) in [6, 6.07) is 4.61. The number of hydrogen-bond donors (Lipinski definition) is 3. The fourth-order valence-corrected chi connectivity index (χ4v) is 1.76. The molecule has 3 N–H and O–H groups in total. The van der Waals surface area contributed by atoms with Crippen molar-refractivity contribution in [3.05, 3.63) is 42.0 Å². The Balaban J connectivity index is 1.80. The van der Waals surface area contributed by atoms with Crippen LogP contribution in [0.5, 0.6) is 11.5 Å². The predicted octanol–water partition coefficient (Wildman–Crippen LogP) is 1.16. The number of nitrogens with one attached hydrogen (secondary N) is 1. The molecule has 0 saturated carbocycles. The van der Waals surface area contributed by atoms with Crippen molar-refractivity contribution < 1.29 is 10.2 Å². The van der Waals surface area contributed by atoms with Gasteiger partial charge in [-0.3, -0.25) is 0 Å². The number of benzene rings is 1. The van der Waals surface area contributed by atoms with Crippen molar-refractivity contribution in [3.8, 4) is 11.5 Å². The summed E-state index contributed by atoms with van der Waals surface area (Å²) in [7, 11) is 1.97. The third kappa shape index (κ3) is 3.01. The predicted molar refractivity (Wildman–Crippen MR) is 68.4 cm³/mol. The van der Waals surface area contributed by atoms with Gasteiger partial charge in [-0.05, 0) is 6.07 Å². The lowest BCUT2D eigenvalue weighted by Gasteiger charge is -2.07. The van der Waals surface area contributed by atoms with Crippen LogP contribution < -0.4 is 5.32 Å². The second-order valence-corrected chi connectivity index (χ2v) is 4.19. The standard InChI is InChI=1S/C13H17N3O2/c1-16-7-6-15-13(16)4-5-14-9-10-2-3-11(17)8-12(10)18/h2-3,6-8,14,17-18H,4-5,9H2,1H3. The Bertz CT molecular complexity index is 523. The van der Waals surface area contributed by atoms with Crippen molar-refractivity contribution in [3.63, 3.8) is 0 Å². The molecular formula is C13H17N3O2. The molecule has 2 aromatic rings. The van der Waals surface area contributed by atoms with Gasteiger partial charge in [0.1, 0.15) is 17.3 Å². The van der Waals surface area contributed by atoms with Gasteiger partial charge >= 0.3 is 0 Å². The maximum Gasteiger partial charge on any atom is 0.123 e. The van der Waals surface area contributed by atoms with E-state index in [1.54, 1.807) is 18.3 Å². The van der Waals surface area contributed by atoms with Gasteiger partial charge in [-0.2, -0.15) is 0 Å². The normalized spacial score (nSPS) is 10.7. The van der Waals surface area contributed by atoms with E-state index in [4.69, 9.17) is 0 Å². The quantitative estimate of drug-likeness (QED) is 0.693. The van der Waals surface area contributed by atoms with Crippen LogP contribution in [0.1, 0.15) is 11.4 Å². The molecule has 0 spiro atoms. The fourth-order valence-electron chi connectivity index (χ4n) is 1.76. The van der Waals surface area contributed by atoms with Crippen molar-refractivity contribution in [2.24, 2.45) is 7.05 Å². The number of imidazole rings is 1. The van der Waals surface area contributed by atoms with Crippen LogP contribution in [0, 0.1) is 0 Å². The molecule has 5 nitrogen and oxygen atoms in total. The fraction of sp³-hybridized carbons (Fsp3) is 0.308. The molecule has 0 aliphatic rings. The lowest BCUT2D eigenvalue weighted by Crippen LogP contribution is -2.18. The third-order valence-corrected chi connectivity index (χ3v) is 2.83. The minimum Gasteiger partial charge on any atom is -0.508 e. The number of rotatable bonds is 5. The minimum atomic E-state index is 0.0734. The van der Waals surface area contributed by atoms with Crippen molar-refractivity contribution in [1.82, 2.24) is 14.9 Å². The Morgan fingerprint density at radius 3 is 2.83 bits per heavy atom. The van der Waals surface area contributed by atoms with E-state index in [9.17, 15) is 10.2 Å². The van der Waals surface area contributed by atoms with Gasteiger partial charge in [0.15, 0.2) is 0 Å². The number of hydrogen-bond acceptors (Lipinski definition) is 4. The molecule has 0 unspecified atom stereocenters. The first-order chi connectivity index (χ1) is 8.66. The minimum absolute atomic E-state index is 0.0734. The van der Waals surface area contributed by atoms with E-state index >= 15 is 0 Å². The van der Waals surface area contributed by atoms with Crippen LogP contribution in [0.4, 0.5) is 0 Å². The van der Waals surface area contributed by atoms with E-state index in [1.807, 2.05) is 17.8 Å². The zero-order valence-electron chi connectivity index (χ0n) is 10.3. The lowest BCUT2D eigenvalue weighted by atomic mass is 10.2. The van der Waals surface area contributed by atoms with E-state index < -0.39 is 0 Å². The molecule has 5 heteroatoms. The highest BCUT2D eigenvalue weighted by molar-refractivity contribution is 5.38. The summed E-state index contributed by atoms with van der Waals surface area (Å²) in [6.45, 7) is 1.35. The lowest BCUT2D eigenvalue weighted by molar-refractivity contribution is 0.444. The van der Waals surface area contributed by atoms with Gasteiger partial charge in [0.2, 0.25) is 0 Å². The summed E-state index contributed by atoms with van der Waals surface area (Å²) < 4.78 is 1.99. The zero-order valence-corrected chi connectivity index (χ0v) is 10.3. The molecule has 1 aromatic carbocycles. The third-order valence-electron chi connectivity index (χ3n) is 2.83. The molecule has 0 atom stereocenters. The first-order valence-corrected chi connectivity index (χ1v) is 5.84. The number of aryl methyl sites for hydroxylation is 1. The smallest absolute Gasteiger partial charge is 0.123 e. The van der Waals surface area contributed by atoms with E-state index in [1.165, 1.54) is 6.07 Å². The van der Waals surface area contributed by atoms with Crippen LogP contribution in [0.2, 0.25) is 0 Å². The van der Waals surface area contributed by atoms with E-state index in [-0.39, 0.29) is 11.5 Å². The van der Waals surface area contributed by atoms with Crippen molar-refractivity contribution in [2.45, 2.75) is 13.0 Å². The highest BCUT2D eigenvalue weighted by atomic mass is 16.3. The van der Waals surface area contributed by atoms with Gasteiger partial charge in [0, 0.05) is 50.6 Å². The van der Waals surface area contributed by atoms with E-state index in [0.717, 1.165) is 24.4 Å². The van der Waals surface area contributed by atoms with Gasteiger partial charge in [-0.25, -0.2) is 4.98 Å². The molecule has 0 fully saturated rings. The Morgan fingerprint density at radius 2 is 2.17 bits per heavy atom. The zero-order chi connectivity index (χ0) is 13.0. The van der Waals surface area contributed by atoms with Gasteiger partial charge in [0.05, 0.1) is 0 Å². The van der Waals surface area contributed by atoms with E-state index in [0.29, 0.717) is 6.54 Å². The van der Waals surface area contributed by atoms with Crippen LogP contribution in [0.3, 0.4) is 0 Å². The van der Waals surface area contributed by atoms with Crippen LogP contribution >= 0.6 is 0 Å². The Morgan fingerprint density at radius 1 is 1.33 bits per heavy atom. The summed E-state index contributed by atoms with van der Waals surface area (Å²) in [5.74, 6) is 1.21. The molecule has 0 aliphatic heterocycles. The second-order valence-electron chi connectivity index (χ2n) is 4.19. The molecule has 96 valence electrons. The average molecular weight is 247 g/mol. The number of nitrogens with zero attached hydrogens (tertiary/aromatic N) is 2. The first kappa shape index (κ1) is 12.4. The van der Waals surface area contributed by atoms with Gasteiger partial charge in [-0.15, -0.1) is 0 Å². The van der Waals surface area contributed by atoms with Gasteiger partial charge in [-0.1, -0.05) is 6.07 Å². The van der Waals surface area contributed by atoms with Crippen molar-refractivity contribution >= 4 is 0 Å². The summed E-state index contributed by atoms with van der Waals surface area (Å²) in [4.78, 5) is 4.23. The van der Waals surface area contributed by atoms with Crippen LogP contribution in [-0.2, 0) is 20.0 Å². The van der Waals surface area contributed by atoms with Crippen LogP contribution in [0.15, 0.2) is 30.6 Å². The summed E-state index contributed by atoms with van der Waals surface area (Å²) in [6.07, 6.45) is 4.53. The molecule has 0 aliphatic carbocycles. The highest BCUT2D eigenvalue weighted by Gasteiger charge is 2.02. The maximum absolute atomic E-state index is 9.60. The topological polar surface area (TPSA) is 70.3 Å². The molecule has 0 bridgehead atoms. The Labute approximate surface area is 106 Å². The molecular weight excluding hydrogens is 230 g/mol.